The molecule has 0 unspecified atom stereocenters. The van der Waals surface area contributed by atoms with Gasteiger partial charge in [0.2, 0.25) is 5.91 Å². The molecule has 5 aromatic heterocycles. The lowest BCUT2D eigenvalue weighted by Gasteiger charge is -2.17. The van der Waals surface area contributed by atoms with Crippen molar-refractivity contribution in [3.63, 3.8) is 0 Å². The number of nitrogens with one attached hydrogen (secondary N) is 3. The Kier molecular flexibility index (Phi) is 5.52. The van der Waals surface area contributed by atoms with Gasteiger partial charge in [-0.2, -0.15) is 5.10 Å². The van der Waals surface area contributed by atoms with Gasteiger partial charge in [-0.1, -0.05) is 20.8 Å². The van der Waals surface area contributed by atoms with Crippen LogP contribution in [0.25, 0.3) is 55.8 Å². The Morgan fingerprint density at radius 2 is 1.97 bits per heavy atom. The van der Waals surface area contributed by atoms with E-state index in [4.69, 9.17) is 4.42 Å². The molecule has 1 amide bonds. The van der Waals surface area contributed by atoms with E-state index in [0.717, 1.165) is 16.6 Å². The molecule has 6 rings (SSSR count). The molecule has 0 saturated carbocycles. The summed E-state index contributed by atoms with van der Waals surface area (Å²) in [4.78, 5) is 29.0. The lowest BCUT2D eigenvalue weighted by atomic mass is 9.92. The number of furan rings is 1. The van der Waals surface area contributed by atoms with Crippen LogP contribution in [-0.2, 0) is 4.79 Å². The van der Waals surface area contributed by atoms with E-state index >= 15 is 4.39 Å². The third kappa shape index (κ3) is 4.40. The molecule has 0 atom stereocenters. The molecule has 0 aliphatic carbocycles. The van der Waals surface area contributed by atoms with Crippen LogP contribution < -0.4 is 5.32 Å². The molecule has 0 saturated heterocycles. The minimum atomic E-state index is -0.490. The molecule has 1 aromatic carbocycles. The van der Waals surface area contributed by atoms with Crippen LogP contribution >= 0.6 is 0 Å². The van der Waals surface area contributed by atoms with Crippen molar-refractivity contribution in [1.82, 2.24) is 30.1 Å². The van der Waals surface area contributed by atoms with Crippen molar-refractivity contribution in [1.29, 1.82) is 0 Å². The van der Waals surface area contributed by atoms with Crippen molar-refractivity contribution in [3.05, 3.63) is 67.3 Å². The molecule has 0 bridgehead atoms. The third-order valence-electron chi connectivity index (χ3n) is 6.12. The summed E-state index contributed by atoms with van der Waals surface area (Å²) in [5, 5.41) is 10.5. The molecule has 0 aliphatic heterocycles. The summed E-state index contributed by atoms with van der Waals surface area (Å²) < 4.78 is 20.4. The van der Waals surface area contributed by atoms with E-state index < -0.39 is 5.82 Å². The van der Waals surface area contributed by atoms with E-state index in [9.17, 15) is 4.79 Å². The van der Waals surface area contributed by atoms with Crippen molar-refractivity contribution >= 4 is 33.7 Å². The minimum absolute atomic E-state index is 0.108. The number of rotatable bonds is 5. The minimum Gasteiger partial charge on any atom is -0.472 e. The monoisotopic (exact) mass is 509 g/mol. The van der Waals surface area contributed by atoms with Crippen molar-refractivity contribution in [3.8, 4) is 33.8 Å². The molecule has 3 N–H and O–H groups in total. The number of halogens is 1. The van der Waals surface area contributed by atoms with Gasteiger partial charge in [-0.05, 0) is 41.3 Å². The molecular weight excluding hydrogens is 485 g/mol. The molecule has 0 aliphatic rings. The van der Waals surface area contributed by atoms with Gasteiger partial charge in [0.25, 0.3) is 0 Å². The van der Waals surface area contributed by atoms with Crippen LogP contribution in [0.5, 0.6) is 0 Å². The molecule has 0 radical (unpaired) electrons. The van der Waals surface area contributed by atoms with E-state index in [1.165, 1.54) is 6.07 Å². The largest absolute Gasteiger partial charge is 0.472 e. The normalized spacial score (nSPS) is 11.9. The van der Waals surface area contributed by atoms with Gasteiger partial charge in [0, 0.05) is 40.9 Å². The summed E-state index contributed by atoms with van der Waals surface area (Å²) >= 11 is 0. The smallest absolute Gasteiger partial charge is 0.224 e. The average molecular weight is 510 g/mol. The molecule has 190 valence electrons. The zero-order valence-electron chi connectivity index (χ0n) is 21.0. The van der Waals surface area contributed by atoms with Gasteiger partial charge in [0.15, 0.2) is 17.3 Å². The summed E-state index contributed by atoms with van der Waals surface area (Å²) in [6, 6.07) is 8.74. The van der Waals surface area contributed by atoms with Gasteiger partial charge in [-0.15, -0.1) is 0 Å². The number of carbonyl (C=O) groups is 1. The third-order valence-corrected chi connectivity index (χ3v) is 6.12. The van der Waals surface area contributed by atoms with Crippen LogP contribution in [0.1, 0.15) is 27.2 Å². The second-order valence-electron chi connectivity index (χ2n) is 10.4. The molecule has 6 aromatic rings. The number of fused-ring (bicyclic) bond motifs is 2. The zero-order chi connectivity index (χ0) is 26.4. The highest BCUT2D eigenvalue weighted by molar-refractivity contribution is 5.98. The van der Waals surface area contributed by atoms with Gasteiger partial charge in [-0.3, -0.25) is 14.9 Å². The van der Waals surface area contributed by atoms with E-state index in [2.05, 4.69) is 35.5 Å². The number of carbonyl (C=O) groups excluding carboxylic acids is 1. The predicted molar refractivity (Wildman–Crippen MR) is 143 cm³/mol. The number of H-pyrrole nitrogens is 2. The van der Waals surface area contributed by atoms with E-state index in [-0.39, 0.29) is 16.8 Å². The number of nitrogens with zero attached hydrogens (tertiary/aromatic N) is 4. The topological polar surface area (TPSA) is 125 Å². The first-order valence-electron chi connectivity index (χ1n) is 12.1. The lowest BCUT2D eigenvalue weighted by Crippen LogP contribution is -2.19. The zero-order valence-corrected chi connectivity index (χ0v) is 21.0. The van der Waals surface area contributed by atoms with Crippen LogP contribution in [-0.4, -0.2) is 36.0 Å². The van der Waals surface area contributed by atoms with Gasteiger partial charge >= 0.3 is 0 Å². The van der Waals surface area contributed by atoms with Gasteiger partial charge in [0.05, 0.1) is 29.9 Å². The summed E-state index contributed by atoms with van der Waals surface area (Å²) in [6.45, 7) is 5.99. The molecule has 0 spiro atoms. The number of aromatic nitrogens is 6. The molecule has 0 fully saturated rings. The van der Waals surface area contributed by atoms with Crippen LogP contribution in [0.4, 0.5) is 10.1 Å². The Hall–Kier alpha value is -4.86. The maximum absolute atomic E-state index is 15.2. The second kappa shape index (κ2) is 8.91. The number of imidazole rings is 1. The van der Waals surface area contributed by atoms with Gasteiger partial charge in [0.1, 0.15) is 11.2 Å². The first-order valence-corrected chi connectivity index (χ1v) is 12.1. The first-order chi connectivity index (χ1) is 18.2. The fourth-order valence-corrected chi connectivity index (χ4v) is 4.46. The number of aromatic amines is 2. The Balaban J connectivity index is 1.40. The molecule has 38 heavy (non-hydrogen) atoms. The number of anilines is 1. The Bertz CT molecular complexity index is 1800. The molecular formula is C28H24FN7O2. The van der Waals surface area contributed by atoms with Crippen LogP contribution in [0.3, 0.4) is 0 Å². The number of hydrogen-bond donors (Lipinski definition) is 3. The highest BCUT2D eigenvalue weighted by Gasteiger charge is 2.19. The molecule has 10 heteroatoms. The Morgan fingerprint density at radius 3 is 2.76 bits per heavy atom. The summed E-state index contributed by atoms with van der Waals surface area (Å²) in [6.07, 6.45) is 8.49. The summed E-state index contributed by atoms with van der Waals surface area (Å²) in [7, 11) is 0. The summed E-state index contributed by atoms with van der Waals surface area (Å²) in [5.41, 5.74) is 5.37. The van der Waals surface area contributed by atoms with Crippen LogP contribution in [0.2, 0.25) is 0 Å². The van der Waals surface area contributed by atoms with E-state index in [1.807, 2.05) is 39.0 Å². The highest BCUT2D eigenvalue weighted by Crippen LogP contribution is 2.34. The van der Waals surface area contributed by atoms with Crippen molar-refractivity contribution in [2.45, 2.75) is 27.2 Å². The standard InChI is InChI=1S/C28H24FN7O2/c1-28(2,3)11-22(37)32-18-8-17(12-30-13-18)16-9-20-23(21(29)10-16)35-36-25(20)27-33-24-19(15-5-7-38-14-15)4-6-31-26(24)34-27/h4-10,12-14H,11H2,1-3H3,(H,32,37)(H,35,36)(H,31,33,34). The van der Waals surface area contributed by atoms with Crippen molar-refractivity contribution < 1.29 is 13.6 Å². The average Bonchev–Trinajstić information content (AvgIpc) is 3.61. The van der Waals surface area contributed by atoms with E-state index in [0.29, 0.717) is 45.8 Å². The van der Waals surface area contributed by atoms with Crippen LogP contribution in [0, 0.1) is 11.2 Å². The van der Waals surface area contributed by atoms with E-state index in [1.54, 1.807) is 37.2 Å². The van der Waals surface area contributed by atoms with Crippen LogP contribution in [0.15, 0.2) is 65.9 Å². The quantitative estimate of drug-likeness (QED) is 0.249. The maximum Gasteiger partial charge on any atom is 0.224 e. The Morgan fingerprint density at radius 1 is 1.11 bits per heavy atom. The SMILES string of the molecule is CC(C)(C)CC(=O)Nc1cncc(-c2cc(F)c3n[nH]c(-c4nc5nccc(-c6ccoc6)c5[nH]4)c3c2)c1. The Labute approximate surface area is 216 Å². The van der Waals surface area contributed by atoms with Gasteiger partial charge < -0.3 is 14.7 Å². The molecule has 5 heterocycles. The van der Waals surface area contributed by atoms with Gasteiger partial charge in [-0.25, -0.2) is 14.4 Å². The number of pyridine rings is 2. The second-order valence-corrected chi connectivity index (χ2v) is 10.4. The van der Waals surface area contributed by atoms with Crippen molar-refractivity contribution in [2.24, 2.45) is 5.41 Å². The summed E-state index contributed by atoms with van der Waals surface area (Å²) in [5.74, 6) is -0.122. The maximum atomic E-state index is 15.2. The number of hydrogen-bond acceptors (Lipinski definition) is 6. The predicted octanol–water partition coefficient (Wildman–Crippen LogP) is 6.34. The number of benzene rings is 1. The first kappa shape index (κ1) is 23.5. The van der Waals surface area contributed by atoms with Crippen molar-refractivity contribution in [2.75, 3.05) is 5.32 Å². The fourth-order valence-electron chi connectivity index (χ4n) is 4.46. The fraction of sp³-hybridized carbons (Fsp3) is 0.179. The number of amides is 1. The highest BCUT2D eigenvalue weighted by atomic mass is 19.1. The lowest BCUT2D eigenvalue weighted by molar-refractivity contribution is -0.117. The molecule has 9 nitrogen and oxygen atoms in total.